The minimum Gasteiger partial charge on any atom is -0.488 e. The lowest BCUT2D eigenvalue weighted by Gasteiger charge is -2.12. The van der Waals surface area contributed by atoms with E-state index in [4.69, 9.17) is 19.6 Å². The molecule has 0 bridgehead atoms. The van der Waals surface area contributed by atoms with Gasteiger partial charge < -0.3 is 29.3 Å². The van der Waals surface area contributed by atoms with E-state index in [0.29, 0.717) is 35.8 Å². The van der Waals surface area contributed by atoms with Crippen LogP contribution in [-0.4, -0.2) is 20.6 Å². The highest BCUT2D eigenvalue weighted by Crippen LogP contribution is 2.37. The molecule has 0 atom stereocenters. The quantitative estimate of drug-likeness (QED) is 0.277. The average molecular weight is 498 g/mol. The number of rotatable bonds is 10. The third-order valence-corrected chi connectivity index (χ3v) is 6.21. The smallest absolute Gasteiger partial charge is 0.307 e. The molecule has 0 aliphatic rings. The molecule has 0 fully saturated rings. The summed E-state index contributed by atoms with van der Waals surface area (Å²) in [6, 6.07) is 19.2. The molecule has 8 heteroatoms. The van der Waals surface area contributed by atoms with E-state index in [2.05, 4.69) is 11.1 Å². The summed E-state index contributed by atoms with van der Waals surface area (Å²) in [6.07, 6.45) is 5.03. The predicted octanol–water partition coefficient (Wildman–Crippen LogP) is 5.08. The third kappa shape index (κ3) is 5.34. The molecule has 188 valence electrons. The number of fused-ring (bicyclic) bond motifs is 1. The fourth-order valence-electron chi connectivity index (χ4n) is 4.20. The Hall–Kier alpha value is -4.56. The fourth-order valence-corrected chi connectivity index (χ4v) is 4.20. The topological polar surface area (TPSA) is 113 Å². The average Bonchev–Trinajstić information content (AvgIpc) is 3.52. The Bertz CT molecular complexity index is 1550. The van der Waals surface area contributed by atoms with Gasteiger partial charge in [0.1, 0.15) is 19.0 Å². The van der Waals surface area contributed by atoms with Crippen LogP contribution in [0.5, 0.6) is 11.5 Å². The zero-order chi connectivity index (χ0) is 25.8. The van der Waals surface area contributed by atoms with Crippen molar-refractivity contribution in [1.29, 1.82) is 0 Å². The van der Waals surface area contributed by atoms with E-state index in [1.54, 1.807) is 37.0 Å². The minimum absolute atomic E-state index is 0.115. The number of furan rings is 1. The highest BCUT2D eigenvalue weighted by Gasteiger charge is 2.17. The maximum Gasteiger partial charge on any atom is 0.307 e. The van der Waals surface area contributed by atoms with Gasteiger partial charge in [-0.25, -0.2) is 4.98 Å². The van der Waals surface area contributed by atoms with Gasteiger partial charge >= 0.3 is 5.97 Å². The van der Waals surface area contributed by atoms with Crippen molar-refractivity contribution in [3.63, 3.8) is 0 Å². The number of hydrogen-bond acceptors (Lipinski definition) is 6. The summed E-state index contributed by atoms with van der Waals surface area (Å²) >= 11 is 0. The van der Waals surface area contributed by atoms with Gasteiger partial charge in [-0.05, 0) is 41.0 Å². The summed E-state index contributed by atoms with van der Waals surface area (Å²) in [4.78, 5) is 15.4. The highest BCUT2D eigenvalue weighted by molar-refractivity contribution is 5.91. The number of aromatic nitrogens is 2. The van der Waals surface area contributed by atoms with Crippen LogP contribution in [0.1, 0.15) is 22.4 Å². The molecule has 3 aromatic carbocycles. The number of para-hydroxylation sites is 1. The van der Waals surface area contributed by atoms with Crippen molar-refractivity contribution < 1.29 is 23.8 Å². The number of benzene rings is 3. The number of carbonyl (C=O) groups is 1. The van der Waals surface area contributed by atoms with Gasteiger partial charge in [0.15, 0.2) is 11.3 Å². The fraction of sp³-hybridized carbons (Fsp3) is 0.172. The standard InChI is InChI=1S/C29H27N3O5/c1-32-18-31-14-24(32)17-36-27-11-22(20-7-4-5-19(9-20)13-30)10-25-23(16-37-29(25)27)15-35-26-8-3-2-6-21(26)12-28(33)34/h2-11,14,16,18H,12-13,15,17,30H2,1H3,(H,33,34). The second-order valence-corrected chi connectivity index (χ2v) is 8.77. The first-order valence-electron chi connectivity index (χ1n) is 11.9. The van der Waals surface area contributed by atoms with Crippen molar-refractivity contribution in [2.45, 2.75) is 26.2 Å². The summed E-state index contributed by atoms with van der Waals surface area (Å²) in [6.45, 7) is 0.977. The largest absolute Gasteiger partial charge is 0.488 e. The molecule has 0 aliphatic heterocycles. The van der Waals surface area contributed by atoms with Crippen LogP contribution in [0.25, 0.3) is 22.1 Å². The van der Waals surface area contributed by atoms with Crippen LogP contribution < -0.4 is 15.2 Å². The van der Waals surface area contributed by atoms with Gasteiger partial charge in [0.25, 0.3) is 0 Å². The molecule has 0 amide bonds. The molecule has 37 heavy (non-hydrogen) atoms. The van der Waals surface area contributed by atoms with Crippen molar-refractivity contribution in [3.8, 4) is 22.6 Å². The molecule has 0 aliphatic carbocycles. The molecule has 5 aromatic rings. The number of nitrogens with zero attached hydrogens (tertiary/aromatic N) is 2. The molecule has 2 heterocycles. The molecule has 0 saturated heterocycles. The summed E-state index contributed by atoms with van der Waals surface area (Å²) in [5, 5.41) is 10.1. The first-order chi connectivity index (χ1) is 18.0. The van der Waals surface area contributed by atoms with Gasteiger partial charge in [-0.2, -0.15) is 0 Å². The maximum atomic E-state index is 11.3. The first-order valence-corrected chi connectivity index (χ1v) is 11.9. The molecule has 0 spiro atoms. The van der Waals surface area contributed by atoms with E-state index in [1.165, 1.54) is 0 Å². The van der Waals surface area contributed by atoms with E-state index in [-0.39, 0.29) is 13.0 Å². The number of ether oxygens (including phenoxy) is 2. The summed E-state index contributed by atoms with van der Waals surface area (Å²) in [5.74, 6) is 0.215. The molecule has 3 N–H and O–H groups in total. The van der Waals surface area contributed by atoms with Crippen LogP contribution in [0.2, 0.25) is 0 Å². The number of carboxylic acids is 1. The molecule has 0 radical (unpaired) electrons. The second-order valence-electron chi connectivity index (χ2n) is 8.77. The molecule has 0 saturated carbocycles. The SMILES string of the molecule is Cn1cncc1COc1cc(-c2cccc(CN)c2)cc2c(COc3ccccc3CC(=O)O)coc12. The zero-order valence-corrected chi connectivity index (χ0v) is 20.4. The van der Waals surface area contributed by atoms with Gasteiger partial charge in [0, 0.05) is 30.1 Å². The van der Waals surface area contributed by atoms with Crippen molar-refractivity contribution in [3.05, 3.63) is 102 Å². The maximum absolute atomic E-state index is 11.3. The molecule has 8 nitrogen and oxygen atoms in total. The summed E-state index contributed by atoms with van der Waals surface area (Å²) in [5.41, 5.74) is 11.8. The van der Waals surface area contributed by atoms with E-state index >= 15 is 0 Å². The Morgan fingerprint density at radius 3 is 2.62 bits per heavy atom. The molecular weight excluding hydrogens is 470 g/mol. The summed E-state index contributed by atoms with van der Waals surface area (Å²) < 4.78 is 20.1. The lowest BCUT2D eigenvalue weighted by molar-refractivity contribution is -0.136. The zero-order valence-electron chi connectivity index (χ0n) is 20.4. The van der Waals surface area contributed by atoms with Gasteiger partial charge in [-0.3, -0.25) is 4.79 Å². The summed E-state index contributed by atoms with van der Waals surface area (Å²) in [7, 11) is 1.92. The van der Waals surface area contributed by atoms with Crippen molar-refractivity contribution in [2.75, 3.05) is 0 Å². The molecule has 2 aromatic heterocycles. The van der Waals surface area contributed by atoms with Crippen LogP contribution in [0.15, 0.2) is 83.9 Å². The van der Waals surface area contributed by atoms with E-state index in [1.807, 2.05) is 48.0 Å². The van der Waals surface area contributed by atoms with Crippen LogP contribution in [-0.2, 0) is 38.0 Å². The van der Waals surface area contributed by atoms with Crippen LogP contribution in [0.3, 0.4) is 0 Å². The lowest BCUT2D eigenvalue weighted by Crippen LogP contribution is -2.04. The number of carboxylic acid groups (broad SMARTS) is 1. The van der Waals surface area contributed by atoms with Gasteiger partial charge in [0.2, 0.25) is 0 Å². The van der Waals surface area contributed by atoms with Crippen LogP contribution in [0.4, 0.5) is 0 Å². The highest BCUT2D eigenvalue weighted by atomic mass is 16.5. The monoisotopic (exact) mass is 497 g/mol. The lowest BCUT2D eigenvalue weighted by atomic mass is 10.00. The van der Waals surface area contributed by atoms with Gasteiger partial charge in [-0.1, -0.05) is 36.4 Å². The van der Waals surface area contributed by atoms with E-state index < -0.39 is 5.97 Å². The first kappa shape index (κ1) is 24.1. The van der Waals surface area contributed by atoms with Gasteiger partial charge in [-0.15, -0.1) is 0 Å². The number of nitrogens with two attached hydrogens (primary N) is 1. The van der Waals surface area contributed by atoms with Crippen molar-refractivity contribution in [1.82, 2.24) is 9.55 Å². The Morgan fingerprint density at radius 1 is 1.00 bits per heavy atom. The Labute approximate surface area is 213 Å². The third-order valence-electron chi connectivity index (χ3n) is 6.21. The van der Waals surface area contributed by atoms with E-state index in [9.17, 15) is 9.90 Å². The van der Waals surface area contributed by atoms with Crippen molar-refractivity contribution in [2.24, 2.45) is 12.8 Å². The molecule has 0 unspecified atom stereocenters. The normalized spacial score (nSPS) is 11.1. The molecule has 5 rings (SSSR count). The predicted molar refractivity (Wildman–Crippen MR) is 139 cm³/mol. The number of imidazole rings is 1. The number of hydrogen-bond donors (Lipinski definition) is 2. The van der Waals surface area contributed by atoms with Gasteiger partial charge in [0.05, 0.1) is 30.9 Å². The number of aliphatic carboxylic acids is 1. The Balaban J connectivity index is 1.51. The van der Waals surface area contributed by atoms with Crippen LogP contribution >= 0.6 is 0 Å². The Morgan fingerprint density at radius 2 is 1.84 bits per heavy atom. The van der Waals surface area contributed by atoms with Crippen molar-refractivity contribution >= 4 is 16.9 Å². The second kappa shape index (κ2) is 10.6. The van der Waals surface area contributed by atoms with Crippen LogP contribution in [0, 0.1) is 0 Å². The molecular formula is C29H27N3O5. The minimum atomic E-state index is -0.913. The Kier molecular flexibility index (Phi) is 6.91. The number of aryl methyl sites for hydroxylation is 1. The van der Waals surface area contributed by atoms with E-state index in [0.717, 1.165) is 33.3 Å².